The van der Waals surface area contributed by atoms with Crippen molar-refractivity contribution in [3.8, 4) is 33.6 Å². The molecule has 10 rings (SSSR count). The third kappa shape index (κ3) is 5.75. The molecule has 0 spiro atoms. The highest BCUT2D eigenvalue weighted by molar-refractivity contribution is 7.92. The minimum absolute atomic E-state index is 0.231. The number of furan rings is 1. The summed E-state index contributed by atoms with van der Waals surface area (Å²) in [6, 6.07) is 69.2. The lowest BCUT2D eigenvalue weighted by molar-refractivity contribution is 0.597. The highest BCUT2D eigenvalue weighted by Crippen LogP contribution is 2.50. The fraction of sp³-hybridized carbons (Fsp3) is 0. The first-order valence-corrected chi connectivity index (χ1v) is 20.0. The second-order valence-electron chi connectivity index (χ2n) is 13.8. The van der Waals surface area contributed by atoms with E-state index in [-0.39, 0.29) is 9.79 Å². The van der Waals surface area contributed by atoms with Gasteiger partial charge in [0.05, 0.1) is 4.90 Å². The molecule has 1 aliphatic rings. The van der Waals surface area contributed by atoms with Crippen LogP contribution in [0.3, 0.4) is 0 Å². The third-order valence-electron chi connectivity index (χ3n) is 10.4. The van der Waals surface area contributed by atoms with Gasteiger partial charge in [0, 0.05) is 45.1 Å². The van der Waals surface area contributed by atoms with E-state index in [1.54, 1.807) is 6.07 Å². The smallest absolute Gasteiger partial charge is 0.211 e. The van der Waals surface area contributed by atoms with Crippen LogP contribution in [0, 0.1) is 0 Å². The Morgan fingerprint density at radius 3 is 1.20 bits per heavy atom. The van der Waals surface area contributed by atoms with Crippen molar-refractivity contribution >= 4 is 54.9 Å². The molecule has 0 saturated carbocycles. The Morgan fingerprint density at radius 1 is 0.375 bits per heavy atom. The van der Waals surface area contributed by atoms with Gasteiger partial charge in [-0.25, -0.2) is 8.42 Å². The monoisotopic (exact) mass is 742 g/mol. The summed E-state index contributed by atoms with van der Waals surface area (Å²) in [5.41, 5.74) is 11.2. The molecule has 0 amide bonds. The SMILES string of the molecule is O=S1(=O)c2ccc(-c3ccc(N(c4ccccc4)c4ccccc4)cc3)cc2-c2oc3ccc(-c4ccc(N(c5ccccc5)c5ccccc5)cc4)cc3c21. The van der Waals surface area contributed by atoms with Gasteiger partial charge in [0.15, 0.2) is 5.76 Å². The van der Waals surface area contributed by atoms with E-state index in [0.29, 0.717) is 22.3 Å². The average Bonchev–Trinajstić information content (AvgIpc) is 3.75. The standard InChI is InChI=1S/C50H34N2O3S/c53-56(54)48-32-26-38(36-23-29-44(30-24-36)52(41-17-9-3-10-18-41)42-19-11-4-12-20-42)34-46(48)49-50(56)45-33-37(25-31-47(45)55-49)35-21-27-43(28-22-35)51(39-13-5-1-6-14-39)40-15-7-2-8-16-40/h1-34H. The van der Waals surface area contributed by atoms with Crippen LogP contribution < -0.4 is 9.80 Å². The molecule has 8 aromatic carbocycles. The lowest BCUT2D eigenvalue weighted by atomic mass is 10.0. The fourth-order valence-electron chi connectivity index (χ4n) is 7.74. The van der Waals surface area contributed by atoms with Gasteiger partial charge in [-0.3, -0.25) is 0 Å². The Hall–Kier alpha value is -7.15. The number of nitrogens with zero attached hydrogens (tertiary/aromatic N) is 2. The second-order valence-corrected chi connectivity index (χ2v) is 15.6. The van der Waals surface area contributed by atoms with E-state index in [0.717, 1.165) is 56.4 Å². The zero-order chi connectivity index (χ0) is 37.6. The summed E-state index contributed by atoms with van der Waals surface area (Å²) in [6.45, 7) is 0. The molecule has 0 aliphatic carbocycles. The number of anilines is 6. The average molecular weight is 743 g/mol. The number of benzene rings is 8. The van der Waals surface area contributed by atoms with Crippen molar-refractivity contribution in [3.63, 3.8) is 0 Å². The first-order chi connectivity index (χ1) is 27.5. The molecule has 1 aliphatic heterocycles. The molecule has 268 valence electrons. The van der Waals surface area contributed by atoms with Crippen LogP contribution in [-0.2, 0) is 9.84 Å². The molecule has 0 N–H and O–H groups in total. The summed E-state index contributed by atoms with van der Waals surface area (Å²) in [5, 5.41) is 0.584. The number of hydrogen-bond donors (Lipinski definition) is 0. The van der Waals surface area contributed by atoms with Crippen LogP contribution in [0.5, 0.6) is 0 Å². The number of sulfone groups is 1. The van der Waals surface area contributed by atoms with Crippen molar-refractivity contribution in [2.75, 3.05) is 9.80 Å². The van der Waals surface area contributed by atoms with Crippen molar-refractivity contribution in [1.82, 2.24) is 0 Å². The molecule has 6 heteroatoms. The largest absolute Gasteiger partial charge is 0.455 e. The summed E-state index contributed by atoms with van der Waals surface area (Å²) < 4.78 is 34.7. The molecular formula is C50H34N2O3S. The molecule has 0 unspecified atom stereocenters. The number of para-hydroxylation sites is 4. The van der Waals surface area contributed by atoms with Crippen LogP contribution in [0.4, 0.5) is 34.1 Å². The van der Waals surface area contributed by atoms with Gasteiger partial charge in [-0.05, 0) is 119 Å². The topological polar surface area (TPSA) is 53.8 Å². The maximum absolute atomic E-state index is 14.2. The van der Waals surface area contributed by atoms with Gasteiger partial charge in [0.2, 0.25) is 9.84 Å². The lowest BCUT2D eigenvalue weighted by Crippen LogP contribution is -2.09. The van der Waals surface area contributed by atoms with Gasteiger partial charge in [-0.15, -0.1) is 0 Å². The van der Waals surface area contributed by atoms with Gasteiger partial charge in [-0.2, -0.15) is 0 Å². The van der Waals surface area contributed by atoms with Crippen molar-refractivity contribution in [3.05, 3.63) is 206 Å². The molecule has 1 aromatic heterocycles. The quantitative estimate of drug-likeness (QED) is 0.155. The highest BCUT2D eigenvalue weighted by Gasteiger charge is 2.39. The van der Waals surface area contributed by atoms with Crippen molar-refractivity contribution in [2.45, 2.75) is 9.79 Å². The van der Waals surface area contributed by atoms with Crippen LogP contribution >= 0.6 is 0 Å². The third-order valence-corrected chi connectivity index (χ3v) is 12.3. The zero-order valence-electron chi connectivity index (χ0n) is 30.2. The Labute approximate surface area is 325 Å². The predicted molar refractivity (Wildman–Crippen MR) is 227 cm³/mol. The van der Waals surface area contributed by atoms with E-state index in [9.17, 15) is 8.42 Å². The number of hydrogen-bond acceptors (Lipinski definition) is 5. The summed E-state index contributed by atoms with van der Waals surface area (Å²) in [7, 11) is -3.81. The van der Waals surface area contributed by atoms with Crippen LogP contribution in [0.15, 0.2) is 220 Å². The molecule has 9 aromatic rings. The predicted octanol–water partition coefficient (Wildman–Crippen LogP) is 13.5. The van der Waals surface area contributed by atoms with Gasteiger partial charge >= 0.3 is 0 Å². The number of fused-ring (bicyclic) bond motifs is 5. The summed E-state index contributed by atoms with van der Waals surface area (Å²) in [5.74, 6) is 0.390. The maximum atomic E-state index is 14.2. The minimum Gasteiger partial charge on any atom is -0.455 e. The molecule has 56 heavy (non-hydrogen) atoms. The van der Waals surface area contributed by atoms with E-state index < -0.39 is 9.84 Å². The summed E-state index contributed by atoms with van der Waals surface area (Å²) >= 11 is 0. The lowest BCUT2D eigenvalue weighted by Gasteiger charge is -2.25. The Bertz CT molecular complexity index is 2870. The van der Waals surface area contributed by atoms with E-state index in [2.05, 4.69) is 107 Å². The van der Waals surface area contributed by atoms with Crippen LogP contribution in [-0.4, -0.2) is 8.42 Å². The highest BCUT2D eigenvalue weighted by atomic mass is 32.2. The minimum atomic E-state index is -3.81. The Morgan fingerprint density at radius 2 is 0.750 bits per heavy atom. The Kier molecular flexibility index (Phi) is 8.12. The van der Waals surface area contributed by atoms with E-state index >= 15 is 0 Å². The molecule has 0 radical (unpaired) electrons. The van der Waals surface area contributed by atoms with Gasteiger partial charge in [-0.1, -0.05) is 109 Å². The molecular weight excluding hydrogens is 709 g/mol. The molecule has 0 bridgehead atoms. The molecule has 0 saturated heterocycles. The van der Waals surface area contributed by atoms with E-state index in [4.69, 9.17) is 4.42 Å². The van der Waals surface area contributed by atoms with Crippen molar-refractivity contribution in [1.29, 1.82) is 0 Å². The fourth-order valence-corrected chi connectivity index (χ4v) is 9.49. The van der Waals surface area contributed by atoms with Gasteiger partial charge in [0.1, 0.15) is 10.5 Å². The molecule has 0 fully saturated rings. The van der Waals surface area contributed by atoms with Crippen LogP contribution in [0.25, 0.3) is 44.5 Å². The Balaban J connectivity index is 0.981. The molecule has 0 atom stereocenters. The normalized spacial score (nSPS) is 12.6. The molecule has 5 nitrogen and oxygen atoms in total. The molecule has 2 heterocycles. The van der Waals surface area contributed by atoms with E-state index in [1.807, 2.05) is 103 Å². The van der Waals surface area contributed by atoms with E-state index in [1.165, 1.54) is 0 Å². The first kappa shape index (κ1) is 33.4. The second kappa shape index (κ2) is 13.6. The van der Waals surface area contributed by atoms with Crippen LogP contribution in [0.2, 0.25) is 0 Å². The van der Waals surface area contributed by atoms with Crippen molar-refractivity contribution < 1.29 is 12.8 Å². The summed E-state index contributed by atoms with van der Waals surface area (Å²) in [6.07, 6.45) is 0. The zero-order valence-corrected chi connectivity index (χ0v) is 31.0. The number of rotatable bonds is 8. The maximum Gasteiger partial charge on any atom is 0.211 e. The van der Waals surface area contributed by atoms with Gasteiger partial charge < -0.3 is 14.2 Å². The van der Waals surface area contributed by atoms with Crippen molar-refractivity contribution in [2.24, 2.45) is 0 Å². The summed E-state index contributed by atoms with van der Waals surface area (Å²) in [4.78, 5) is 4.93. The van der Waals surface area contributed by atoms with Crippen LogP contribution in [0.1, 0.15) is 0 Å². The van der Waals surface area contributed by atoms with Gasteiger partial charge in [0.25, 0.3) is 0 Å². The first-order valence-electron chi connectivity index (χ1n) is 18.5.